The van der Waals surface area contributed by atoms with Gasteiger partial charge in [0.25, 0.3) is 0 Å². The van der Waals surface area contributed by atoms with Gasteiger partial charge < -0.3 is 10.3 Å². The zero-order chi connectivity index (χ0) is 17.3. The van der Waals surface area contributed by atoms with Crippen molar-refractivity contribution in [2.45, 2.75) is 45.4 Å². The second kappa shape index (κ2) is 6.75. The van der Waals surface area contributed by atoms with Crippen molar-refractivity contribution >= 4 is 27.6 Å². The summed E-state index contributed by atoms with van der Waals surface area (Å²) in [6.45, 7) is 4.34. The van der Waals surface area contributed by atoms with E-state index in [-0.39, 0.29) is 5.39 Å². The van der Waals surface area contributed by atoms with Crippen molar-refractivity contribution in [1.82, 2.24) is 9.97 Å². The van der Waals surface area contributed by atoms with E-state index in [0.29, 0.717) is 28.2 Å². The number of nitrogens with zero attached hydrogens (tertiary/aromatic N) is 1. The van der Waals surface area contributed by atoms with Gasteiger partial charge in [-0.15, -0.1) is 0 Å². The normalized spacial score (nSPS) is 12.9. The molecule has 3 nitrogen and oxygen atoms in total. The Hall–Kier alpha value is -2.17. The molecule has 0 aliphatic carbocycles. The van der Waals surface area contributed by atoms with Gasteiger partial charge in [-0.3, -0.25) is 0 Å². The summed E-state index contributed by atoms with van der Waals surface area (Å²) in [6, 6.07) is 4.97. The quantitative estimate of drug-likeness (QED) is 0.606. The van der Waals surface area contributed by atoms with Crippen LogP contribution in [0.5, 0.6) is 0 Å². The van der Waals surface area contributed by atoms with E-state index < -0.39 is 11.6 Å². The molecule has 3 rings (SSSR count). The van der Waals surface area contributed by atoms with Crippen LogP contribution in [0.3, 0.4) is 0 Å². The molecule has 0 aliphatic heterocycles. The largest absolute Gasteiger partial charge is 0.386 e. The van der Waals surface area contributed by atoms with Crippen LogP contribution in [0.2, 0.25) is 0 Å². The smallest absolute Gasteiger partial charge is 0.169 e. The van der Waals surface area contributed by atoms with E-state index in [9.17, 15) is 8.78 Å². The SMILES string of the molecule is CCCCC(CC)c1ccc2c(n1)[nH]c1c(NC)cc(F)c(F)c12. The number of halogens is 2. The number of fused-ring (bicyclic) bond motifs is 3. The lowest BCUT2D eigenvalue weighted by atomic mass is 9.95. The molecule has 0 saturated carbocycles. The molecule has 0 bridgehead atoms. The fraction of sp³-hybridized carbons (Fsp3) is 0.421. The number of pyridine rings is 1. The molecule has 0 fully saturated rings. The Morgan fingerprint density at radius 3 is 2.71 bits per heavy atom. The van der Waals surface area contributed by atoms with Crippen LogP contribution < -0.4 is 5.32 Å². The van der Waals surface area contributed by atoms with Crippen LogP contribution in [0, 0.1) is 11.6 Å². The van der Waals surface area contributed by atoms with Crippen LogP contribution in [0.25, 0.3) is 21.9 Å². The number of hydrogen-bond donors (Lipinski definition) is 2. The van der Waals surface area contributed by atoms with Crippen LogP contribution in [-0.4, -0.2) is 17.0 Å². The van der Waals surface area contributed by atoms with Gasteiger partial charge in [0.15, 0.2) is 11.6 Å². The van der Waals surface area contributed by atoms with Gasteiger partial charge >= 0.3 is 0 Å². The van der Waals surface area contributed by atoms with Crippen molar-refractivity contribution in [1.29, 1.82) is 0 Å². The van der Waals surface area contributed by atoms with E-state index in [4.69, 9.17) is 4.98 Å². The standard InChI is InChI=1S/C19H23F2N3/c1-4-6-7-11(5-2)14-9-8-12-16-17(21)13(20)10-15(22-3)18(16)24-19(12)23-14/h8-11,22H,4-7H2,1-3H3,(H,23,24). The maximum Gasteiger partial charge on any atom is 0.169 e. The third-order valence-corrected chi connectivity index (χ3v) is 4.74. The van der Waals surface area contributed by atoms with E-state index in [2.05, 4.69) is 24.1 Å². The number of aromatic amines is 1. The van der Waals surface area contributed by atoms with E-state index in [1.807, 2.05) is 12.1 Å². The Morgan fingerprint density at radius 2 is 2.04 bits per heavy atom. The predicted octanol–water partition coefficient (Wildman–Crippen LogP) is 5.72. The maximum absolute atomic E-state index is 14.3. The Labute approximate surface area is 140 Å². The zero-order valence-corrected chi connectivity index (χ0v) is 14.3. The van der Waals surface area contributed by atoms with Gasteiger partial charge in [0.05, 0.1) is 11.2 Å². The highest BCUT2D eigenvalue weighted by Crippen LogP contribution is 2.34. The number of nitrogens with one attached hydrogen (secondary N) is 2. The average Bonchev–Trinajstić information content (AvgIpc) is 2.97. The molecule has 0 saturated heterocycles. The molecule has 24 heavy (non-hydrogen) atoms. The predicted molar refractivity (Wildman–Crippen MR) is 95.6 cm³/mol. The van der Waals surface area contributed by atoms with E-state index in [0.717, 1.165) is 31.4 Å². The van der Waals surface area contributed by atoms with Gasteiger partial charge in [0.1, 0.15) is 5.65 Å². The van der Waals surface area contributed by atoms with Crippen molar-refractivity contribution in [3.63, 3.8) is 0 Å². The molecule has 0 aliphatic rings. The zero-order valence-electron chi connectivity index (χ0n) is 14.3. The average molecular weight is 331 g/mol. The van der Waals surface area contributed by atoms with Gasteiger partial charge in [-0.05, 0) is 25.0 Å². The van der Waals surface area contributed by atoms with Crippen LogP contribution >= 0.6 is 0 Å². The lowest BCUT2D eigenvalue weighted by Gasteiger charge is -2.13. The molecule has 2 aromatic heterocycles. The molecule has 0 radical (unpaired) electrons. The number of benzene rings is 1. The molecule has 1 atom stereocenters. The lowest BCUT2D eigenvalue weighted by Crippen LogP contribution is -2.00. The van der Waals surface area contributed by atoms with Crippen LogP contribution in [0.1, 0.15) is 51.1 Å². The van der Waals surface area contributed by atoms with Gasteiger partial charge in [0, 0.05) is 35.5 Å². The fourth-order valence-corrected chi connectivity index (χ4v) is 3.33. The van der Waals surface area contributed by atoms with Gasteiger partial charge in [-0.2, -0.15) is 0 Å². The molecule has 1 aromatic carbocycles. The van der Waals surface area contributed by atoms with Crippen molar-refractivity contribution in [2.75, 3.05) is 12.4 Å². The Balaban J connectivity index is 2.17. The highest BCUT2D eigenvalue weighted by Gasteiger charge is 2.19. The summed E-state index contributed by atoms with van der Waals surface area (Å²) in [6.07, 6.45) is 4.43. The number of H-pyrrole nitrogens is 1. The third-order valence-electron chi connectivity index (χ3n) is 4.74. The van der Waals surface area contributed by atoms with Crippen LogP contribution in [-0.2, 0) is 0 Å². The van der Waals surface area contributed by atoms with Crippen molar-refractivity contribution in [3.05, 3.63) is 35.5 Å². The van der Waals surface area contributed by atoms with Gasteiger partial charge in [-0.25, -0.2) is 13.8 Å². The van der Waals surface area contributed by atoms with Gasteiger partial charge in [0.2, 0.25) is 0 Å². The summed E-state index contributed by atoms with van der Waals surface area (Å²) >= 11 is 0. The fourth-order valence-electron chi connectivity index (χ4n) is 3.33. The van der Waals surface area contributed by atoms with E-state index in [1.54, 1.807) is 7.05 Å². The second-order valence-corrected chi connectivity index (χ2v) is 6.22. The number of aromatic nitrogens is 2. The monoisotopic (exact) mass is 331 g/mol. The van der Waals surface area contributed by atoms with Gasteiger partial charge in [-0.1, -0.05) is 26.7 Å². The molecule has 5 heteroatoms. The number of anilines is 1. The molecule has 3 aromatic rings. The van der Waals surface area contributed by atoms with Crippen LogP contribution in [0.4, 0.5) is 14.5 Å². The molecule has 0 amide bonds. The minimum Gasteiger partial charge on any atom is -0.386 e. The molecule has 1 unspecified atom stereocenters. The summed E-state index contributed by atoms with van der Waals surface area (Å²) in [5.41, 5.74) is 2.70. The molecule has 2 N–H and O–H groups in total. The van der Waals surface area contributed by atoms with E-state index in [1.165, 1.54) is 6.07 Å². The molecule has 0 spiro atoms. The maximum atomic E-state index is 14.3. The lowest BCUT2D eigenvalue weighted by molar-refractivity contribution is 0.518. The van der Waals surface area contributed by atoms with Crippen molar-refractivity contribution in [2.24, 2.45) is 0 Å². The Kier molecular flexibility index (Phi) is 4.69. The third kappa shape index (κ3) is 2.72. The number of unbranched alkanes of at least 4 members (excludes halogenated alkanes) is 1. The first-order valence-electron chi connectivity index (χ1n) is 8.58. The molecule has 2 heterocycles. The van der Waals surface area contributed by atoms with Crippen molar-refractivity contribution in [3.8, 4) is 0 Å². The van der Waals surface area contributed by atoms with Crippen LogP contribution in [0.15, 0.2) is 18.2 Å². The minimum atomic E-state index is -0.855. The first-order chi connectivity index (χ1) is 11.6. The Bertz CT molecular complexity index is 870. The van der Waals surface area contributed by atoms with Crippen molar-refractivity contribution < 1.29 is 8.78 Å². The topological polar surface area (TPSA) is 40.7 Å². The molecular formula is C19H23F2N3. The first kappa shape index (κ1) is 16.7. The summed E-state index contributed by atoms with van der Waals surface area (Å²) in [5.74, 6) is -1.29. The number of rotatable bonds is 6. The van der Waals surface area contributed by atoms with E-state index >= 15 is 0 Å². The summed E-state index contributed by atoms with van der Waals surface area (Å²) in [7, 11) is 1.69. The number of hydrogen-bond acceptors (Lipinski definition) is 2. The second-order valence-electron chi connectivity index (χ2n) is 6.22. The summed E-state index contributed by atoms with van der Waals surface area (Å²) < 4.78 is 28.2. The summed E-state index contributed by atoms with van der Waals surface area (Å²) in [5, 5.41) is 3.79. The molecule has 128 valence electrons. The summed E-state index contributed by atoms with van der Waals surface area (Å²) in [4.78, 5) is 7.87. The molecular weight excluding hydrogens is 308 g/mol. The highest BCUT2D eigenvalue weighted by molar-refractivity contribution is 6.10. The first-order valence-corrected chi connectivity index (χ1v) is 8.58. The minimum absolute atomic E-state index is 0.259. The highest BCUT2D eigenvalue weighted by atomic mass is 19.2. The Morgan fingerprint density at radius 1 is 1.25 bits per heavy atom.